The molecular formula is C40H42N4O. The quantitative estimate of drug-likeness (QED) is 0.160. The first kappa shape index (κ1) is 30.3. The minimum absolute atomic E-state index is 0.142. The lowest BCUT2D eigenvalue weighted by Crippen LogP contribution is -2.34. The van der Waals surface area contributed by atoms with Crippen LogP contribution in [0.5, 0.6) is 0 Å². The predicted molar refractivity (Wildman–Crippen MR) is 184 cm³/mol. The largest absolute Gasteiger partial charge is 0.322 e. The van der Waals surface area contributed by atoms with Gasteiger partial charge in [-0.1, -0.05) is 116 Å². The van der Waals surface area contributed by atoms with E-state index in [9.17, 15) is 4.79 Å². The summed E-state index contributed by atoms with van der Waals surface area (Å²) < 4.78 is 0. The lowest BCUT2D eigenvalue weighted by atomic mass is 9.95. The summed E-state index contributed by atoms with van der Waals surface area (Å²) >= 11 is 0. The van der Waals surface area contributed by atoms with E-state index < -0.39 is 0 Å². The minimum Gasteiger partial charge on any atom is -0.316 e. The van der Waals surface area contributed by atoms with Crippen LogP contribution in [0.25, 0.3) is 11.1 Å². The number of amides is 2. The van der Waals surface area contributed by atoms with Gasteiger partial charge in [0.1, 0.15) is 0 Å². The Labute approximate surface area is 267 Å². The van der Waals surface area contributed by atoms with Crippen LogP contribution in [0.3, 0.4) is 0 Å². The molecule has 5 nitrogen and oxygen atoms in total. The number of anilines is 1. The third kappa shape index (κ3) is 8.90. The lowest BCUT2D eigenvalue weighted by molar-refractivity contribution is 0.206. The van der Waals surface area contributed by atoms with Crippen LogP contribution in [0.2, 0.25) is 0 Å². The summed E-state index contributed by atoms with van der Waals surface area (Å²) in [6, 6.07) is 40.4. The number of carbonyl (C=O) groups is 1. The molecule has 5 heteroatoms. The van der Waals surface area contributed by atoms with E-state index in [0.717, 1.165) is 29.8 Å². The third-order valence-electron chi connectivity index (χ3n) is 8.65. The molecule has 0 spiro atoms. The molecule has 6 rings (SSSR count). The molecular weight excluding hydrogens is 552 g/mol. The van der Waals surface area contributed by atoms with Gasteiger partial charge in [-0.25, -0.2) is 4.79 Å². The van der Waals surface area contributed by atoms with Crippen molar-refractivity contribution in [3.8, 4) is 11.1 Å². The van der Waals surface area contributed by atoms with Crippen LogP contribution >= 0.6 is 0 Å². The average Bonchev–Trinajstić information content (AvgIpc) is 3.10. The van der Waals surface area contributed by atoms with Crippen LogP contribution in [0, 0.1) is 0 Å². The normalized spacial score (nSPS) is 13.3. The molecule has 228 valence electrons. The summed E-state index contributed by atoms with van der Waals surface area (Å²) in [5, 5.41) is 6.84. The summed E-state index contributed by atoms with van der Waals surface area (Å²) in [7, 11) is 0. The van der Waals surface area contributed by atoms with Crippen LogP contribution in [0.4, 0.5) is 10.5 Å². The monoisotopic (exact) mass is 594 g/mol. The molecule has 1 aromatic heterocycles. The lowest BCUT2D eigenvalue weighted by Gasteiger charge is -2.24. The standard InChI is InChI=1S/C40H42N4O/c45-40(43-39-23-17-32(18-24-39)26-31-8-3-1-4-9-31)44(30-35-10-7-25-41-27-35)29-34-15-21-37(22-16-34)36-19-13-33(14-20-36)28-42-38-11-5-2-6-12-38/h1,3-4,7-10,13-25,27,38,42H,2,5-6,11-12,26,28-30H2,(H,43,45). The Hall–Kier alpha value is -4.74. The molecule has 0 aliphatic heterocycles. The van der Waals surface area contributed by atoms with Gasteiger partial charge >= 0.3 is 6.03 Å². The van der Waals surface area contributed by atoms with Gasteiger partial charge in [0, 0.05) is 43.8 Å². The first-order chi connectivity index (χ1) is 22.2. The summed E-state index contributed by atoms with van der Waals surface area (Å²) in [6.45, 7) is 1.87. The van der Waals surface area contributed by atoms with Gasteiger partial charge in [0.05, 0.1) is 0 Å². The minimum atomic E-state index is -0.142. The molecule has 1 saturated carbocycles. The Morgan fingerprint density at radius 2 is 1.24 bits per heavy atom. The second-order valence-corrected chi connectivity index (χ2v) is 12.1. The highest BCUT2D eigenvalue weighted by Crippen LogP contribution is 2.23. The van der Waals surface area contributed by atoms with E-state index in [-0.39, 0.29) is 6.03 Å². The van der Waals surface area contributed by atoms with Crippen molar-refractivity contribution < 1.29 is 4.79 Å². The Morgan fingerprint density at radius 1 is 0.644 bits per heavy atom. The van der Waals surface area contributed by atoms with Crippen molar-refractivity contribution in [3.05, 3.63) is 155 Å². The highest BCUT2D eigenvalue weighted by atomic mass is 16.2. The van der Waals surface area contributed by atoms with Crippen molar-refractivity contribution in [2.75, 3.05) is 5.32 Å². The molecule has 1 aliphatic carbocycles. The van der Waals surface area contributed by atoms with Crippen molar-refractivity contribution in [2.24, 2.45) is 0 Å². The number of urea groups is 1. The molecule has 0 unspecified atom stereocenters. The summed E-state index contributed by atoms with van der Waals surface area (Å²) in [5.74, 6) is 0. The Morgan fingerprint density at radius 3 is 1.91 bits per heavy atom. The van der Waals surface area contributed by atoms with Crippen molar-refractivity contribution in [2.45, 2.75) is 64.2 Å². The summed E-state index contributed by atoms with van der Waals surface area (Å²) in [6.07, 6.45) is 11.1. The van der Waals surface area contributed by atoms with Gasteiger partial charge in [-0.05, 0) is 76.4 Å². The fourth-order valence-electron chi connectivity index (χ4n) is 6.06. The fourth-order valence-corrected chi connectivity index (χ4v) is 6.06. The highest BCUT2D eigenvalue weighted by molar-refractivity contribution is 5.89. The van der Waals surface area contributed by atoms with Crippen molar-refractivity contribution >= 4 is 11.7 Å². The number of aromatic nitrogens is 1. The average molecular weight is 595 g/mol. The van der Waals surface area contributed by atoms with Crippen molar-refractivity contribution in [1.82, 2.24) is 15.2 Å². The Balaban J connectivity index is 1.09. The first-order valence-corrected chi connectivity index (χ1v) is 16.2. The van der Waals surface area contributed by atoms with Gasteiger partial charge in [-0.2, -0.15) is 0 Å². The van der Waals surface area contributed by atoms with Crippen molar-refractivity contribution in [1.29, 1.82) is 0 Å². The fraction of sp³-hybridized carbons (Fsp3) is 0.250. The zero-order valence-electron chi connectivity index (χ0n) is 25.9. The molecule has 0 saturated heterocycles. The van der Waals surface area contributed by atoms with E-state index in [0.29, 0.717) is 19.1 Å². The van der Waals surface area contributed by atoms with Gasteiger partial charge in [-0.15, -0.1) is 0 Å². The maximum absolute atomic E-state index is 13.6. The molecule has 0 atom stereocenters. The molecule has 0 bridgehead atoms. The molecule has 4 aromatic carbocycles. The van der Waals surface area contributed by atoms with E-state index >= 15 is 0 Å². The van der Waals surface area contributed by atoms with Crippen LogP contribution < -0.4 is 10.6 Å². The maximum atomic E-state index is 13.6. The molecule has 1 fully saturated rings. The van der Waals surface area contributed by atoms with Crippen LogP contribution in [0.15, 0.2) is 128 Å². The number of nitrogens with one attached hydrogen (secondary N) is 2. The molecule has 2 N–H and O–H groups in total. The smallest absolute Gasteiger partial charge is 0.316 e. The third-order valence-corrected chi connectivity index (χ3v) is 8.65. The van der Waals surface area contributed by atoms with E-state index in [1.165, 1.54) is 59.9 Å². The molecule has 5 aromatic rings. The molecule has 1 heterocycles. The highest BCUT2D eigenvalue weighted by Gasteiger charge is 2.16. The molecule has 2 amide bonds. The summed E-state index contributed by atoms with van der Waals surface area (Å²) in [4.78, 5) is 19.6. The Bertz CT molecular complexity index is 1610. The van der Waals surface area contributed by atoms with Crippen LogP contribution in [-0.2, 0) is 26.1 Å². The van der Waals surface area contributed by atoms with E-state index in [1.54, 1.807) is 6.20 Å². The number of hydrogen-bond donors (Lipinski definition) is 2. The predicted octanol–water partition coefficient (Wildman–Crippen LogP) is 9.00. The first-order valence-electron chi connectivity index (χ1n) is 16.2. The SMILES string of the molecule is O=C(Nc1ccc(Cc2ccccc2)cc1)N(Cc1ccc(-c2ccc(CNC3CCCCC3)cc2)cc1)Cc1cccnc1. The topological polar surface area (TPSA) is 57.3 Å². The van der Waals surface area contributed by atoms with E-state index in [4.69, 9.17) is 0 Å². The van der Waals surface area contributed by atoms with E-state index in [1.807, 2.05) is 41.4 Å². The summed E-state index contributed by atoms with van der Waals surface area (Å²) in [5.41, 5.74) is 9.00. The second kappa shape index (κ2) is 15.3. The number of nitrogens with zero attached hydrogens (tertiary/aromatic N) is 2. The van der Waals surface area contributed by atoms with Crippen LogP contribution in [0.1, 0.15) is 59.9 Å². The van der Waals surface area contributed by atoms with E-state index in [2.05, 4.69) is 101 Å². The molecule has 1 aliphatic rings. The van der Waals surface area contributed by atoms with Gasteiger partial charge in [0.2, 0.25) is 0 Å². The van der Waals surface area contributed by atoms with Crippen molar-refractivity contribution in [3.63, 3.8) is 0 Å². The Kier molecular flexibility index (Phi) is 10.3. The van der Waals surface area contributed by atoms with Crippen LogP contribution in [-0.4, -0.2) is 22.0 Å². The van der Waals surface area contributed by atoms with Gasteiger partial charge in [0.25, 0.3) is 0 Å². The number of carbonyl (C=O) groups excluding carboxylic acids is 1. The molecule has 45 heavy (non-hydrogen) atoms. The number of pyridine rings is 1. The van der Waals surface area contributed by atoms with Gasteiger partial charge in [-0.3, -0.25) is 4.98 Å². The van der Waals surface area contributed by atoms with Gasteiger partial charge in [0.15, 0.2) is 0 Å². The zero-order valence-corrected chi connectivity index (χ0v) is 25.9. The second-order valence-electron chi connectivity index (χ2n) is 12.1. The number of benzene rings is 4. The number of rotatable bonds is 11. The van der Waals surface area contributed by atoms with Gasteiger partial charge < -0.3 is 15.5 Å². The number of hydrogen-bond acceptors (Lipinski definition) is 3. The molecule has 0 radical (unpaired) electrons. The maximum Gasteiger partial charge on any atom is 0.322 e. The zero-order chi connectivity index (χ0) is 30.7.